The molecule has 0 radical (unpaired) electrons. The van der Waals surface area contributed by atoms with E-state index in [1.54, 1.807) is 0 Å². The molecule has 1 aromatic rings. The number of hydrogen-bond donors (Lipinski definition) is 1. The first-order valence-electron chi connectivity index (χ1n) is 7.92. The minimum atomic E-state index is -0.258. The van der Waals surface area contributed by atoms with Crippen LogP contribution in [0.1, 0.15) is 58.9 Å². The monoisotopic (exact) mass is 311 g/mol. The zero-order valence-electron chi connectivity index (χ0n) is 13.6. The highest BCUT2D eigenvalue weighted by molar-refractivity contribution is 6.31. The van der Waals surface area contributed by atoms with Crippen molar-refractivity contribution < 1.29 is 4.39 Å². The predicted molar refractivity (Wildman–Crippen MR) is 88.5 cm³/mol. The third kappa shape index (κ3) is 4.20. The summed E-state index contributed by atoms with van der Waals surface area (Å²) in [4.78, 5) is 0. The van der Waals surface area contributed by atoms with Crippen molar-refractivity contribution in [2.24, 2.45) is 5.92 Å². The Balaban J connectivity index is 2.31. The Morgan fingerprint density at radius 3 is 2.43 bits per heavy atom. The van der Waals surface area contributed by atoms with Crippen molar-refractivity contribution >= 4 is 11.6 Å². The molecule has 0 aromatic heterocycles. The highest BCUT2D eigenvalue weighted by atomic mass is 35.5. The van der Waals surface area contributed by atoms with Gasteiger partial charge in [-0.1, -0.05) is 24.6 Å². The average molecular weight is 312 g/mol. The van der Waals surface area contributed by atoms with Crippen LogP contribution in [-0.2, 0) is 5.41 Å². The summed E-state index contributed by atoms with van der Waals surface area (Å²) in [6.45, 7) is 9.75. The predicted octanol–water partition coefficient (Wildman–Crippen LogP) is 5.32. The molecule has 3 heteroatoms. The molecule has 0 amide bonds. The Labute approximate surface area is 133 Å². The lowest BCUT2D eigenvalue weighted by Gasteiger charge is -2.42. The molecule has 21 heavy (non-hydrogen) atoms. The number of nitrogens with one attached hydrogen (secondary N) is 1. The van der Waals surface area contributed by atoms with Crippen molar-refractivity contribution in [2.75, 3.05) is 6.54 Å². The zero-order valence-corrected chi connectivity index (χ0v) is 14.4. The van der Waals surface area contributed by atoms with Gasteiger partial charge in [0.15, 0.2) is 0 Å². The van der Waals surface area contributed by atoms with Crippen LogP contribution in [0.4, 0.5) is 4.39 Å². The maximum Gasteiger partial charge on any atom is 0.124 e. The summed E-state index contributed by atoms with van der Waals surface area (Å²) in [6.07, 6.45) is 4.64. The van der Waals surface area contributed by atoms with Gasteiger partial charge in [-0.05, 0) is 70.1 Å². The Morgan fingerprint density at radius 2 is 1.90 bits per heavy atom. The van der Waals surface area contributed by atoms with Gasteiger partial charge in [-0.15, -0.1) is 0 Å². The molecule has 0 aliphatic heterocycles. The molecule has 1 saturated carbocycles. The molecule has 1 aliphatic rings. The Kier molecular flexibility index (Phi) is 4.99. The molecule has 0 bridgehead atoms. The third-order valence-corrected chi connectivity index (χ3v) is 5.00. The smallest absolute Gasteiger partial charge is 0.124 e. The first-order valence-corrected chi connectivity index (χ1v) is 8.30. The van der Waals surface area contributed by atoms with Crippen molar-refractivity contribution in [1.29, 1.82) is 0 Å². The summed E-state index contributed by atoms with van der Waals surface area (Å²) in [7, 11) is 0. The second-order valence-corrected chi connectivity index (χ2v) is 8.10. The lowest BCUT2D eigenvalue weighted by molar-refractivity contribution is 0.217. The molecular formula is C18H27ClFN. The van der Waals surface area contributed by atoms with Crippen LogP contribution < -0.4 is 5.32 Å². The van der Waals surface area contributed by atoms with Gasteiger partial charge in [0, 0.05) is 22.5 Å². The normalized spacial score (nSPS) is 26.9. The van der Waals surface area contributed by atoms with Gasteiger partial charge < -0.3 is 5.32 Å². The summed E-state index contributed by atoms with van der Waals surface area (Å²) in [5.74, 6) is 0.513. The van der Waals surface area contributed by atoms with E-state index in [0.29, 0.717) is 5.02 Å². The lowest BCUT2D eigenvalue weighted by Crippen LogP contribution is -2.47. The highest BCUT2D eigenvalue weighted by Crippen LogP contribution is 2.44. The minimum absolute atomic E-state index is 0.0323. The Morgan fingerprint density at radius 1 is 1.29 bits per heavy atom. The van der Waals surface area contributed by atoms with E-state index in [-0.39, 0.29) is 16.8 Å². The summed E-state index contributed by atoms with van der Waals surface area (Å²) in [5, 5.41) is 4.20. The van der Waals surface area contributed by atoms with Gasteiger partial charge in [-0.3, -0.25) is 0 Å². The fourth-order valence-electron chi connectivity index (χ4n) is 3.21. The molecule has 118 valence electrons. The third-order valence-electron chi connectivity index (χ3n) is 4.69. The quantitative estimate of drug-likeness (QED) is 0.797. The number of benzene rings is 1. The molecule has 1 aromatic carbocycles. The molecule has 1 aliphatic carbocycles. The second-order valence-electron chi connectivity index (χ2n) is 7.69. The highest BCUT2D eigenvalue weighted by Gasteiger charge is 2.37. The van der Waals surface area contributed by atoms with Crippen LogP contribution in [0.15, 0.2) is 18.2 Å². The van der Waals surface area contributed by atoms with E-state index in [1.165, 1.54) is 25.0 Å². The van der Waals surface area contributed by atoms with Gasteiger partial charge in [0.1, 0.15) is 5.82 Å². The summed E-state index contributed by atoms with van der Waals surface area (Å²) in [6, 6.07) is 4.88. The summed E-state index contributed by atoms with van der Waals surface area (Å²) >= 11 is 6.37. The van der Waals surface area contributed by atoms with Crippen molar-refractivity contribution in [1.82, 2.24) is 5.32 Å². The van der Waals surface area contributed by atoms with Gasteiger partial charge in [0.2, 0.25) is 0 Å². The first-order chi connectivity index (χ1) is 9.72. The van der Waals surface area contributed by atoms with Crippen LogP contribution in [0.25, 0.3) is 0 Å². The Bertz CT molecular complexity index is 484. The van der Waals surface area contributed by atoms with Gasteiger partial charge in [-0.2, -0.15) is 0 Å². The van der Waals surface area contributed by atoms with E-state index in [1.807, 2.05) is 6.07 Å². The minimum Gasteiger partial charge on any atom is -0.311 e. The van der Waals surface area contributed by atoms with Crippen LogP contribution in [0.3, 0.4) is 0 Å². The largest absolute Gasteiger partial charge is 0.311 e. The zero-order chi connectivity index (χ0) is 15.7. The molecule has 0 heterocycles. The topological polar surface area (TPSA) is 12.0 Å². The molecule has 0 unspecified atom stereocenters. The summed E-state index contributed by atoms with van der Waals surface area (Å²) in [5.41, 5.74) is 1.21. The molecule has 1 nitrogen and oxygen atoms in total. The van der Waals surface area contributed by atoms with Crippen LogP contribution in [0, 0.1) is 11.7 Å². The van der Waals surface area contributed by atoms with E-state index in [4.69, 9.17) is 11.6 Å². The van der Waals surface area contributed by atoms with Gasteiger partial charge >= 0.3 is 0 Å². The maximum atomic E-state index is 13.4. The van der Waals surface area contributed by atoms with Gasteiger partial charge in [0.25, 0.3) is 0 Å². The molecule has 0 spiro atoms. The van der Waals surface area contributed by atoms with Crippen molar-refractivity contribution in [3.8, 4) is 0 Å². The average Bonchev–Trinajstić information content (AvgIpc) is 2.38. The molecule has 2 rings (SSSR count). The molecule has 1 fully saturated rings. The van der Waals surface area contributed by atoms with Crippen molar-refractivity contribution in [3.63, 3.8) is 0 Å². The molecule has 0 atom stereocenters. The van der Waals surface area contributed by atoms with E-state index >= 15 is 0 Å². The van der Waals surface area contributed by atoms with E-state index < -0.39 is 0 Å². The van der Waals surface area contributed by atoms with E-state index in [0.717, 1.165) is 30.9 Å². The van der Waals surface area contributed by atoms with Crippen LogP contribution in [-0.4, -0.2) is 12.1 Å². The fourth-order valence-corrected chi connectivity index (χ4v) is 3.58. The fraction of sp³-hybridized carbons (Fsp3) is 0.667. The number of hydrogen-bond acceptors (Lipinski definition) is 1. The Hall–Kier alpha value is -0.600. The SMILES string of the molecule is CC1CCC(CNC(C)(C)C)(c2ccc(F)cc2Cl)CC1. The van der Waals surface area contributed by atoms with Gasteiger partial charge in [-0.25, -0.2) is 4.39 Å². The number of rotatable bonds is 3. The second kappa shape index (κ2) is 6.26. The van der Waals surface area contributed by atoms with Gasteiger partial charge in [0.05, 0.1) is 0 Å². The van der Waals surface area contributed by atoms with Crippen LogP contribution in [0.2, 0.25) is 5.02 Å². The molecular weight excluding hydrogens is 285 g/mol. The number of halogens is 2. The van der Waals surface area contributed by atoms with Crippen LogP contribution in [0.5, 0.6) is 0 Å². The van der Waals surface area contributed by atoms with Crippen molar-refractivity contribution in [3.05, 3.63) is 34.6 Å². The summed E-state index contributed by atoms with van der Waals surface area (Å²) < 4.78 is 13.4. The van der Waals surface area contributed by atoms with Crippen molar-refractivity contribution in [2.45, 2.75) is 64.3 Å². The van der Waals surface area contributed by atoms with Crippen LogP contribution >= 0.6 is 11.6 Å². The standard InChI is InChI=1S/C18H27ClFN/c1-13-7-9-18(10-8-13,12-21-17(2,3)4)15-6-5-14(20)11-16(15)19/h5-6,11,13,21H,7-10,12H2,1-4H3. The lowest BCUT2D eigenvalue weighted by atomic mass is 9.66. The van der Waals surface area contributed by atoms with E-state index in [2.05, 4.69) is 33.0 Å². The molecule has 0 saturated heterocycles. The molecule has 1 N–H and O–H groups in total. The van der Waals surface area contributed by atoms with E-state index in [9.17, 15) is 4.39 Å². The first kappa shape index (κ1) is 16.8. The maximum absolute atomic E-state index is 13.4.